The van der Waals surface area contributed by atoms with Crippen molar-refractivity contribution in [2.24, 2.45) is 0 Å². The van der Waals surface area contributed by atoms with Gasteiger partial charge in [0.15, 0.2) is 0 Å². The van der Waals surface area contributed by atoms with Crippen molar-refractivity contribution >= 4 is 27.1 Å². The number of phenols is 1. The highest BCUT2D eigenvalue weighted by molar-refractivity contribution is 7.17. The van der Waals surface area contributed by atoms with Crippen molar-refractivity contribution in [1.29, 1.82) is 5.26 Å². The lowest BCUT2D eigenvalue weighted by molar-refractivity contribution is 0.477. The van der Waals surface area contributed by atoms with Gasteiger partial charge in [0.2, 0.25) is 0 Å². The van der Waals surface area contributed by atoms with Gasteiger partial charge < -0.3 is 10.8 Å². The van der Waals surface area contributed by atoms with Gasteiger partial charge in [0.25, 0.3) is 0 Å². The molecule has 0 atom stereocenters. The SMILES string of the molecule is N#CCc1c(N)cc2ccsc2c1O. The summed E-state index contributed by atoms with van der Waals surface area (Å²) in [6.45, 7) is 0. The van der Waals surface area contributed by atoms with Gasteiger partial charge in [0.1, 0.15) is 5.75 Å². The van der Waals surface area contributed by atoms with Crippen LogP contribution in [0.2, 0.25) is 0 Å². The van der Waals surface area contributed by atoms with Crippen molar-refractivity contribution in [3.05, 3.63) is 23.1 Å². The first kappa shape index (κ1) is 8.85. The van der Waals surface area contributed by atoms with Crippen LogP contribution in [-0.2, 0) is 6.42 Å². The maximum absolute atomic E-state index is 9.83. The number of nitrogens with zero attached hydrogens (tertiary/aromatic N) is 1. The smallest absolute Gasteiger partial charge is 0.139 e. The Morgan fingerprint density at radius 3 is 3.07 bits per heavy atom. The minimum absolute atomic E-state index is 0.144. The van der Waals surface area contributed by atoms with Gasteiger partial charge >= 0.3 is 0 Å². The average molecular weight is 204 g/mol. The highest BCUT2D eigenvalue weighted by Crippen LogP contribution is 2.36. The fourth-order valence-electron chi connectivity index (χ4n) is 1.42. The molecule has 0 radical (unpaired) electrons. The first-order valence-electron chi connectivity index (χ1n) is 4.08. The van der Waals surface area contributed by atoms with E-state index in [-0.39, 0.29) is 12.2 Å². The lowest BCUT2D eigenvalue weighted by Gasteiger charge is -2.05. The van der Waals surface area contributed by atoms with E-state index in [1.54, 1.807) is 6.07 Å². The number of nitrogen functional groups attached to an aromatic ring is 1. The number of aromatic hydroxyl groups is 1. The van der Waals surface area contributed by atoms with Crippen LogP contribution in [0, 0.1) is 11.3 Å². The van der Waals surface area contributed by atoms with Gasteiger partial charge in [-0.25, -0.2) is 0 Å². The van der Waals surface area contributed by atoms with Gasteiger partial charge in [-0.1, -0.05) is 0 Å². The maximum atomic E-state index is 9.83. The molecule has 0 bridgehead atoms. The molecular formula is C10H8N2OS. The van der Waals surface area contributed by atoms with E-state index >= 15 is 0 Å². The predicted octanol–water partition coefficient (Wildman–Crippen LogP) is 2.26. The quantitative estimate of drug-likeness (QED) is 0.700. The van der Waals surface area contributed by atoms with Crippen molar-refractivity contribution in [2.75, 3.05) is 5.73 Å². The Morgan fingerprint density at radius 1 is 1.57 bits per heavy atom. The molecule has 70 valence electrons. The van der Waals surface area contributed by atoms with Crippen LogP contribution in [0.1, 0.15) is 5.56 Å². The van der Waals surface area contributed by atoms with Gasteiger partial charge in [0.05, 0.1) is 17.2 Å². The zero-order valence-corrected chi connectivity index (χ0v) is 8.14. The number of nitrogens with two attached hydrogens (primary N) is 1. The standard InChI is InChI=1S/C10H8N2OS/c11-3-1-7-8(12)5-6-2-4-14-10(6)9(7)13/h2,4-5,13H,1,12H2. The van der Waals surface area contributed by atoms with Crippen LogP contribution in [0.5, 0.6) is 5.75 Å². The molecule has 1 aromatic heterocycles. The first-order valence-corrected chi connectivity index (χ1v) is 4.96. The molecule has 14 heavy (non-hydrogen) atoms. The van der Waals surface area contributed by atoms with Gasteiger partial charge in [-0.3, -0.25) is 0 Å². The molecule has 3 nitrogen and oxygen atoms in total. The van der Waals surface area contributed by atoms with E-state index in [1.165, 1.54) is 11.3 Å². The molecule has 0 saturated heterocycles. The molecule has 0 amide bonds. The second kappa shape index (κ2) is 3.20. The molecule has 0 aliphatic heterocycles. The summed E-state index contributed by atoms with van der Waals surface area (Å²) < 4.78 is 0.796. The Bertz CT molecular complexity index is 525. The van der Waals surface area contributed by atoms with Crippen LogP contribution in [0.15, 0.2) is 17.5 Å². The average Bonchev–Trinajstić information content (AvgIpc) is 2.60. The summed E-state index contributed by atoms with van der Waals surface area (Å²) in [5.74, 6) is 0.150. The molecule has 0 aliphatic carbocycles. The summed E-state index contributed by atoms with van der Waals surface area (Å²) >= 11 is 1.45. The number of benzene rings is 1. The number of thiophene rings is 1. The summed E-state index contributed by atoms with van der Waals surface area (Å²) in [5.41, 5.74) is 6.74. The Hall–Kier alpha value is -1.73. The second-order valence-electron chi connectivity index (χ2n) is 2.97. The van der Waals surface area contributed by atoms with Crippen molar-refractivity contribution in [1.82, 2.24) is 0 Å². The minimum atomic E-state index is 0.144. The molecule has 0 spiro atoms. The van der Waals surface area contributed by atoms with Gasteiger partial charge in [-0.05, 0) is 22.9 Å². The van der Waals surface area contributed by atoms with Gasteiger partial charge in [-0.2, -0.15) is 5.26 Å². The van der Waals surface area contributed by atoms with E-state index in [4.69, 9.17) is 11.0 Å². The molecule has 4 heteroatoms. The van der Waals surface area contributed by atoms with Crippen molar-refractivity contribution in [2.45, 2.75) is 6.42 Å². The van der Waals surface area contributed by atoms with Crippen LogP contribution < -0.4 is 5.73 Å². The topological polar surface area (TPSA) is 70.0 Å². The van der Waals surface area contributed by atoms with Crippen LogP contribution >= 0.6 is 11.3 Å². The Labute approximate surface area is 85.0 Å². The largest absolute Gasteiger partial charge is 0.506 e. The van der Waals surface area contributed by atoms with E-state index in [1.807, 2.05) is 17.5 Å². The van der Waals surface area contributed by atoms with Crippen LogP contribution in [0.25, 0.3) is 10.1 Å². The van der Waals surface area contributed by atoms with Crippen molar-refractivity contribution in [3.8, 4) is 11.8 Å². The lowest BCUT2D eigenvalue weighted by atomic mass is 10.1. The third-order valence-corrected chi connectivity index (χ3v) is 3.05. The minimum Gasteiger partial charge on any atom is -0.506 e. The second-order valence-corrected chi connectivity index (χ2v) is 3.88. The number of rotatable bonds is 1. The molecule has 3 N–H and O–H groups in total. The third-order valence-electron chi connectivity index (χ3n) is 2.11. The number of nitriles is 1. The van der Waals surface area contributed by atoms with Crippen molar-refractivity contribution in [3.63, 3.8) is 0 Å². The highest BCUT2D eigenvalue weighted by atomic mass is 32.1. The highest BCUT2D eigenvalue weighted by Gasteiger charge is 2.11. The molecular weight excluding hydrogens is 196 g/mol. The summed E-state index contributed by atoms with van der Waals surface area (Å²) in [4.78, 5) is 0. The fourth-order valence-corrected chi connectivity index (χ4v) is 2.27. The molecule has 1 heterocycles. The normalized spacial score (nSPS) is 10.2. The zero-order valence-electron chi connectivity index (χ0n) is 7.32. The summed E-state index contributed by atoms with van der Waals surface area (Å²) in [6, 6.07) is 5.67. The van der Waals surface area contributed by atoms with Crippen molar-refractivity contribution < 1.29 is 5.11 Å². The molecule has 1 aromatic carbocycles. The number of anilines is 1. The molecule has 2 aromatic rings. The predicted molar refractivity (Wildman–Crippen MR) is 57.2 cm³/mol. The molecule has 0 saturated carbocycles. The van der Waals surface area contributed by atoms with Gasteiger partial charge in [0, 0.05) is 11.3 Å². The fraction of sp³-hybridized carbons (Fsp3) is 0.100. The summed E-state index contributed by atoms with van der Waals surface area (Å²) in [7, 11) is 0. The number of fused-ring (bicyclic) bond motifs is 1. The Morgan fingerprint density at radius 2 is 2.36 bits per heavy atom. The molecule has 0 aliphatic rings. The summed E-state index contributed by atoms with van der Waals surface area (Å²) in [5, 5.41) is 21.2. The van der Waals surface area contributed by atoms with E-state index in [9.17, 15) is 5.11 Å². The maximum Gasteiger partial charge on any atom is 0.139 e. The van der Waals surface area contributed by atoms with Crippen LogP contribution in [0.4, 0.5) is 5.69 Å². The lowest BCUT2D eigenvalue weighted by Crippen LogP contribution is -1.93. The third kappa shape index (κ3) is 1.19. The van der Waals surface area contributed by atoms with Crippen LogP contribution in [-0.4, -0.2) is 5.11 Å². The first-order chi connectivity index (χ1) is 6.74. The number of hydrogen-bond acceptors (Lipinski definition) is 4. The Balaban J connectivity index is 2.77. The van der Waals surface area contributed by atoms with Crippen LogP contribution in [0.3, 0.4) is 0 Å². The van der Waals surface area contributed by atoms with E-state index in [2.05, 4.69) is 0 Å². The van der Waals surface area contributed by atoms with Gasteiger partial charge in [-0.15, -0.1) is 11.3 Å². The zero-order chi connectivity index (χ0) is 10.1. The molecule has 0 fully saturated rings. The van der Waals surface area contributed by atoms with E-state index < -0.39 is 0 Å². The number of phenolic OH excluding ortho intramolecular Hbond substituents is 1. The summed E-state index contributed by atoms with van der Waals surface area (Å²) in [6.07, 6.45) is 0.144. The van der Waals surface area contributed by atoms with E-state index in [0.29, 0.717) is 11.3 Å². The Kier molecular flexibility index (Phi) is 2.02. The number of hydrogen-bond donors (Lipinski definition) is 2. The monoisotopic (exact) mass is 204 g/mol. The van der Waals surface area contributed by atoms with E-state index in [0.717, 1.165) is 10.1 Å². The molecule has 0 unspecified atom stereocenters. The molecule has 2 rings (SSSR count).